The Morgan fingerprint density at radius 2 is 0.487 bits per heavy atom. The van der Waals surface area contributed by atoms with Gasteiger partial charge in [0.2, 0.25) is 19.7 Å². The van der Waals surface area contributed by atoms with E-state index in [4.69, 9.17) is 0 Å². The summed E-state index contributed by atoms with van der Waals surface area (Å²) in [4.78, 5) is 5.54. The molecule has 0 aliphatic heterocycles. The van der Waals surface area contributed by atoms with Crippen molar-refractivity contribution in [3.05, 3.63) is 291 Å². The van der Waals surface area contributed by atoms with Gasteiger partial charge in [0.1, 0.15) is 0 Å². The molecule has 0 unspecified atom stereocenters. The highest BCUT2D eigenvalue weighted by Crippen LogP contribution is 2.42. The number of benzene rings is 12. The number of rotatable bonds is 13. The summed E-state index contributed by atoms with van der Waals surface area (Å²) in [5.41, 5.74) is 11.5. The summed E-state index contributed by atoms with van der Waals surface area (Å²) in [5.74, 6) is 0. The van der Waals surface area contributed by atoms with Gasteiger partial charge in [0.05, 0.1) is 19.6 Å². The fourth-order valence-electron chi connectivity index (χ4n) is 10.2. The molecule has 0 saturated carbocycles. The zero-order valence-corrected chi connectivity index (χ0v) is 42.7. The first-order valence-electron chi connectivity index (χ1n) is 25.0. The quantitative estimate of drug-likeness (QED) is 0.115. The molecular weight excluding hydrogens is 973 g/mol. The largest absolute Gasteiger partial charge is 0.311 e. The molecule has 0 spiro atoms. The average molecular weight is 1020 g/mol. The third-order valence-electron chi connectivity index (χ3n) is 13.9. The van der Waals surface area contributed by atoms with E-state index in [1.54, 1.807) is 72.8 Å². The van der Waals surface area contributed by atoms with E-state index in [0.29, 0.717) is 10.8 Å². The van der Waals surface area contributed by atoms with Crippen LogP contribution >= 0.6 is 0 Å². The van der Waals surface area contributed by atoms with Crippen LogP contribution in [-0.4, -0.2) is 16.8 Å². The lowest BCUT2D eigenvalue weighted by Gasteiger charge is -2.26. The molecule has 0 N–H and O–H groups in total. The van der Waals surface area contributed by atoms with Gasteiger partial charge in [-0.2, -0.15) is 0 Å². The van der Waals surface area contributed by atoms with Gasteiger partial charge >= 0.3 is 0 Å². The molecule has 8 heteroatoms. The lowest BCUT2D eigenvalue weighted by molar-refractivity contribution is 0.595. The van der Waals surface area contributed by atoms with Crippen LogP contribution in [0.3, 0.4) is 0 Å². The van der Waals surface area contributed by atoms with Gasteiger partial charge in [-0.1, -0.05) is 182 Å². The summed E-state index contributed by atoms with van der Waals surface area (Å²) >= 11 is 0. The van der Waals surface area contributed by atoms with Crippen LogP contribution in [0.2, 0.25) is 0 Å². The number of fused-ring (bicyclic) bond motifs is 2. The van der Waals surface area contributed by atoms with Gasteiger partial charge in [0, 0.05) is 44.9 Å². The summed E-state index contributed by atoms with van der Waals surface area (Å²) in [6.07, 6.45) is 0. The van der Waals surface area contributed by atoms with E-state index in [1.807, 2.05) is 97.1 Å². The predicted molar refractivity (Wildman–Crippen MR) is 311 cm³/mol. The van der Waals surface area contributed by atoms with Crippen molar-refractivity contribution in [3.63, 3.8) is 0 Å². The highest BCUT2D eigenvalue weighted by molar-refractivity contribution is 7.92. The fourth-order valence-corrected chi connectivity index (χ4v) is 13.3. The Morgan fingerprint density at radius 1 is 0.224 bits per heavy atom. The number of anilines is 6. The summed E-state index contributed by atoms with van der Waals surface area (Å²) in [6.45, 7) is 0. The van der Waals surface area contributed by atoms with Crippen molar-refractivity contribution in [2.24, 2.45) is 0 Å². The van der Waals surface area contributed by atoms with Crippen LogP contribution in [-0.2, 0) is 19.7 Å². The molecule has 0 atom stereocenters. The Labute approximate surface area is 443 Å². The second kappa shape index (κ2) is 20.2. The van der Waals surface area contributed by atoms with Crippen molar-refractivity contribution in [1.29, 1.82) is 0 Å². The van der Waals surface area contributed by atoms with Crippen LogP contribution in [0.25, 0.3) is 54.9 Å². The highest BCUT2D eigenvalue weighted by Gasteiger charge is 2.24. The molecule has 0 aromatic heterocycles. The maximum Gasteiger partial charge on any atom is 0.207 e. The molecule has 12 aromatic rings. The lowest BCUT2D eigenvalue weighted by atomic mass is 9.97. The van der Waals surface area contributed by atoms with Crippen LogP contribution in [0.15, 0.2) is 311 Å². The topological polar surface area (TPSA) is 74.8 Å². The second-order valence-corrected chi connectivity index (χ2v) is 22.3. The number of sulfone groups is 2. The number of hydrogen-bond donors (Lipinski definition) is 0. The van der Waals surface area contributed by atoms with Crippen LogP contribution < -0.4 is 9.80 Å². The van der Waals surface area contributed by atoms with Crippen molar-refractivity contribution >= 4 is 75.3 Å². The van der Waals surface area contributed by atoms with Crippen molar-refractivity contribution < 1.29 is 16.8 Å². The first-order chi connectivity index (χ1) is 37.2. The molecule has 0 aliphatic rings. The van der Waals surface area contributed by atoms with E-state index < -0.39 is 19.7 Å². The predicted octanol–water partition coefficient (Wildman–Crippen LogP) is 17.6. The molecule has 0 fully saturated rings. The monoisotopic (exact) mass is 1020 g/mol. The molecular formula is C68H48N2O4S2. The highest BCUT2D eigenvalue weighted by atomic mass is 32.2. The van der Waals surface area contributed by atoms with Gasteiger partial charge in [-0.3, -0.25) is 0 Å². The van der Waals surface area contributed by atoms with E-state index >= 15 is 0 Å². The molecule has 366 valence electrons. The van der Waals surface area contributed by atoms with Gasteiger partial charge in [-0.15, -0.1) is 0 Å². The van der Waals surface area contributed by atoms with Crippen LogP contribution in [0.4, 0.5) is 34.1 Å². The Morgan fingerprint density at radius 3 is 0.803 bits per heavy atom. The fraction of sp³-hybridized carbons (Fsp3) is 0. The first kappa shape index (κ1) is 47.7. The molecule has 0 heterocycles. The van der Waals surface area contributed by atoms with Gasteiger partial charge in [0.25, 0.3) is 0 Å². The standard InChI is InChI=1S/C68H48N2O4S2/c71-75(72,61-25-9-3-10-26-61)65-31-15-19-53-17-13-29-63(67(53)65)51-37-45-59(46-38-51)69(55-21-5-1-6-22-55)57-41-33-49(34-42-57)50-35-43-58(44-36-50)70(56-23-7-2-8-24-56)60-47-39-52(40-48-60)64-30-14-18-54-20-16-32-66(68(54)64)76(73,74)62-27-11-4-12-28-62/h1-48H. The van der Waals surface area contributed by atoms with Gasteiger partial charge in [-0.25, -0.2) is 16.8 Å². The van der Waals surface area contributed by atoms with E-state index in [1.165, 1.54) is 0 Å². The summed E-state index contributed by atoms with van der Waals surface area (Å²) in [6, 6.07) is 94.3. The first-order valence-corrected chi connectivity index (χ1v) is 27.9. The van der Waals surface area contributed by atoms with Crippen LogP contribution in [0, 0.1) is 0 Å². The zero-order valence-electron chi connectivity index (χ0n) is 41.1. The van der Waals surface area contributed by atoms with Crippen molar-refractivity contribution in [3.8, 4) is 33.4 Å². The summed E-state index contributed by atoms with van der Waals surface area (Å²) in [5, 5.41) is 3.10. The molecule has 12 rings (SSSR count). The third kappa shape index (κ3) is 9.00. The second-order valence-electron chi connectivity index (χ2n) is 18.5. The number of para-hydroxylation sites is 2. The minimum atomic E-state index is -3.79. The Bertz CT molecular complexity index is 3960. The smallest absolute Gasteiger partial charge is 0.207 e. The molecule has 76 heavy (non-hydrogen) atoms. The SMILES string of the molecule is O=S(=O)(c1ccccc1)c1cccc2cccc(-c3ccc(N(c4ccccc4)c4ccc(-c5ccc(N(c6ccccc6)c6ccc(-c7cccc8cccc(S(=O)(=O)c9ccccc9)c78)cc6)cc5)cc4)cc3)c12. The number of nitrogens with zero attached hydrogens (tertiary/aromatic N) is 2. The minimum absolute atomic E-state index is 0.263. The maximum atomic E-state index is 14.1. The summed E-state index contributed by atoms with van der Waals surface area (Å²) in [7, 11) is -7.58. The maximum absolute atomic E-state index is 14.1. The van der Waals surface area contributed by atoms with Gasteiger partial charge in [0.15, 0.2) is 0 Å². The van der Waals surface area contributed by atoms with Crippen molar-refractivity contribution in [1.82, 2.24) is 0 Å². The lowest BCUT2D eigenvalue weighted by Crippen LogP contribution is -2.10. The minimum Gasteiger partial charge on any atom is -0.311 e. The molecule has 0 aliphatic carbocycles. The third-order valence-corrected chi connectivity index (χ3v) is 17.5. The Balaban J connectivity index is 0.838. The molecule has 0 bridgehead atoms. The average Bonchev–Trinajstić information content (AvgIpc) is 3.49. The van der Waals surface area contributed by atoms with E-state index in [-0.39, 0.29) is 19.6 Å². The molecule has 6 nitrogen and oxygen atoms in total. The Kier molecular flexibility index (Phi) is 12.6. The van der Waals surface area contributed by atoms with Gasteiger partial charge < -0.3 is 9.80 Å². The van der Waals surface area contributed by atoms with Crippen LogP contribution in [0.5, 0.6) is 0 Å². The van der Waals surface area contributed by atoms with Crippen molar-refractivity contribution in [2.45, 2.75) is 19.6 Å². The zero-order chi connectivity index (χ0) is 51.6. The van der Waals surface area contributed by atoms with Crippen LogP contribution in [0.1, 0.15) is 0 Å². The molecule has 12 aromatic carbocycles. The molecule has 0 saturated heterocycles. The van der Waals surface area contributed by atoms with E-state index in [0.717, 1.165) is 78.3 Å². The summed E-state index contributed by atoms with van der Waals surface area (Å²) < 4.78 is 56.3. The van der Waals surface area contributed by atoms with E-state index in [9.17, 15) is 16.8 Å². The van der Waals surface area contributed by atoms with Crippen molar-refractivity contribution in [2.75, 3.05) is 9.80 Å². The normalized spacial score (nSPS) is 11.6. The molecule has 0 amide bonds. The van der Waals surface area contributed by atoms with Gasteiger partial charge in [-0.05, 0) is 153 Å². The van der Waals surface area contributed by atoms with E-state index in [2.05, 4.69) is 131 Å². The number of hydrogen-bond acceptors (Lipinski definition) is 6. The molecule has 0 radical (unpaired) electrons. The Hall–Kier alpha value is -9.34.